The van der Waals surface area contributed by atoms with E-state index in [2.05, 4.69) is 36.4 Å². The molecule has 1 fully saturated rings. The van der Waals surface area contributed by atoms with Crippen molar-refractivity contribution < 1.29 is 17.6 Å². The fourth-order valence-corrected chi connectivity index (χ4v) is 3.36. The minimum atomic E-state index is -4.52. The lowest BCUT2D eigenvalue weighted by atomic mass is 10.4. The average molecular weight is 396 g/mol. The number of imidazole rings is 1. The van der Waals surface area contributed by atoms with Gasteiger partial charge in [0.1, 0.15) is 16.6 Å². The second-order valence-corrected chi connectivity index (χ2v) is 6.23. The standard InChI is InChI=1S/C11H10BrF4N7/c12-9-8(11(14,15)16)17-7-4-21(1-2-22(7)9)10-18-19-20-23(10)6-3-5(6)13/h5-6H,1-4H2/t5-,6+/m0/s1. The van der Waals surface area contributed by atoms with E-state index < -0.39 is 18.0 Å². The van der Waals surface area contributed by atoms with E-state index in [0.717, 1.165) is 0 Å². The Morgan fingerprint density at radius 1 is 1.22 bits per heavy atom. The topological polar surface area (TPSA) is 64.7 Å². The maximum atomic E-state index is 13.2. The van der Waals surface area contributed by atoms with Crippen molar-refractivity contribution in [1.82, 2.24) is 29.8 Å². The molecule has 0 radical (unpaired) electrons. The minimum absolute atomic E-state index is 0.0785. The molecule has 23 heavy (non-hydrogen) atoms. The van der Waals surface area contributed by atoms with Crippen LogP contribution in [0.1, 0.15) is 24.0 Å². The lowest BCUT2D eigenvalue weighted by molar-refractivity contribution is -0.141. The highest BCUT2D eigenvalue weighted by molar-refractivity contribution is 9.10. The molecule has 1 aliphatic carbocycles. The van der Waals surface area contributed by atoms with Crippen LogP contribution in [0.4, 0.5) is 23.5 Å². The van der Waals surface area contributed by atoms with Crippen LogP contribution in [0.15, 0.2) is 4.60 Å². The van der Waals surface area contributed by atoms with Gasteiger partial charge in [-0.25, -0.2) is 14.1 Å². The van der Waals surface area contributed by atoms with Crippen LogP contribution in [0.5, 0.6) is 0 Å². The van der Waals surface area contributed by atoms with Crippen molar-refractivity contribution >= 4 is 21.9 Å². The maximum absolute atomic E-state index is 13.2. The Morgan fingerprint density at radius 3 is 2.61 bits per heavy atom. The van der Waals surface area contributed by atoms with Gasteiger partial charge in [-0.15, -0.1) is 0 Å². The Kier molecular flexibility index (Phi) is 3.15. The third kappa shape index (κ3) is 2.39. The number of anilines is 1. The van der Waals surface area contributed by atoms with Crippen LogP contribution in [-0.4, -0.2) is 42.5 Å². The molecule has 0 saturated heterocycles. The van der Waals surface area contributed by atoms with Gasteiger partial charge in [0, 0.05) is 19.5 Å². The van der Waals surface area contributed by atoms with Gasteiger partial charge in [-0.2, -0.15) is 13.2 Å². The predicted octanol–water partition coefficient (Wildman–Crippen LogP) is 1.95. The molecule has 3 heterocycles. The molecule has 0 spiro atoms. The zero-order chi connectivity index (χ0) is 16.4. The molecular formula is C11H10BrF4N7. The number of nitrogens with zero attached hydrogens (tertiary/aromatic N) is 7. The van der Waals surface area contributed by atoms with Crippen LogP contribution < -0.4 is 4.90 Å². The van der Waals surface area contributed by atoms with Gasteiger partial charge in [-0.05, 0) is 26.4 Å². The first-order valence-electron chi connectivity index (χ1n) is 6.85. The number of aromatic nitrogens is 6. The molecular weight excluding hydrogens is 386 g/mol. The van der Waals surface area contributed by atoms with Gasteiger partial charge in [0.25, 0.3) is 0 Å². The Hall–Kier alpha value is -1.72. The highest BCUT2D eigenvalue weighted by Gasteiger charge is 2.43. The van der Waals surface area contributed by atoms with E-state index in [1.54, 1.807) is 4.90 Å². The van der Waals surface area contributed by atoms with Crippen molar-refractivity contribution in [3.05, 3.63) is 16.1 Å². The molecule has 1 aliphatic heterocycles. The molecule has 7 nitrogen and oxygen atoms in total. The molecule has 0 N–H and O–H groups in total. The highest BCUT2D eigenvalue weighted by Crippen LogP contribution is 2.41. The normalized spacial score (nSPS) is 24.0. The fraction of sp³-hybridized carbons (Fsp3) is 0.636. The van der Waals surface area contributed by atoms with Crippen LogP contribution in [-0.2, 0) is 19.3 Å². The van der Waals surface area contributed by atoms with Crippen molar-refractivity contribution in [3.63, 3.8) is 0 Å². The van der Waals surface area contributed by atoms with E-state index >= 15 is 0 Å². The van der Waals surface area contributed by atoms with Crippen LogP contribution in [0.2, 0.25) is 0 Å². The average Bonchev–Trinajstić information content (AvgIpc) is 2.91. The Labute approximate surface area is 135 Å². The SMILES string of the molecule is F[C@H]1C[C@H]1n1nnnc1N1CCn2c(nc(C(F)(F)F)c2Br)C1. The van der Waals surface area contributed by atoms with Crippen molar-refractivity contribution in [2.75, 3.05) is 11.4 Å². The summed E-state index contributed by atoms with van der Waals surface area (Å²) in [6.45, 7) is 0.831. The molecule has 0 bridgehead atoms. The second-order valence-electron chi connectivity index (χ2n) is 5.48. The quantitative estimate of drug-likeness (QED) is 0.727. The summed E-state index contributed by atoms with van der Waals surface area (Å²) in [5, 5.41) is 11.2. The van der Waals surface area contributed by atoms with E-state index in [1.165, 1.54) is 9.25 Å². The summed E-state index contributed by atoms with van der Waals surface area (Å²) in [5.41, 5.74) is -0.944. The Balaban J connectivity index is 1.64. The number of alkyl halides is 4. The summed E-state index contributed by atoms with van der Waals surface area (Å²) in [7, 11) is 0. The maximum Gasteiger partial charge on any atom is 0.436 e. The van der Waals surface area contributed by atoms with E-state index in [1.807, 2.05) is 0 Å². The van der Waals surface area contributed by atoms with E-state index in [9.17, 15) is 17.6 Å². The van der Waals surface area contributed by atoms with Crippen molar-refractivity contribution in [2.24, 2.45) is 0 Å². The summed E-state index contributed by atoms with van der Waals surface area (Å²) in [5.74, 6) is 0.617. The monoisotopic (exact) mass is 395 g/mol. The summed E-state index contributed by atoms with van der Waals surface area (Å²) >= 11 is 2.96. The van der Waals surface area contributed by atoms with E-state index in [4.69, 9.17) is 0 Å². The largest absolute Gasteiger partial charge is 0.436 e. The lowest BCUT2D eigenvalue weighted by Gasteiger charge is -2.28. The van der Waals surface area contributed by atoms with Crippen LogP contribution in [0.25, 0.3) is 0 Å². The van der Waals surface area contributed by atoms with Gasteiger partial charge in [-0.3, -0.25) is 0 Å². The van der Waals surface area contributed by atoms with E-state index in [-0.39, 0.29) is 23.0 Å². The van der Waals surface area contributed by atoms with Crippen molar-refractivity contribution in [1.29, 1.82) is 0 Å². The molecule has 124 valence electrons. The molecule has 4 rings (SSSR count). The number of halogens is 5. The summed E-state index contributed by atoms with van der Waals surface area (Å²) in [4.78, 5) is 5.39. The first-order valence-corrected chi connectivity index (χ1v) is 7.64. The van der Waals surface area contributed by atoms with Gasteiger partial charge >= 0.3 is 6.18 Å². The first-order chi connectivity index (χ1) is 10.9. The third-order valence-electron chi connectivity index (χ3n) is 3.93. The summed E-state index contributed by atoms with van der Waals surface area (Å²) in [6.07, 6.45) is -5.15. The van der Waals surface area contributed by atoms with Crippen LogP contribution >= 0.6 is 15.9 Å². The number of tetrazole rings is 1. The molecule has 0 aromatic carbocycles. The van der Waals surface area contributed by atoms with Crippen LogP contribution in [0, 0.1) is 0 Å². The summed E-state index contributed by atoms with van der Waals surface area (Å²) < 4.78 is 54.8. The molecule has 0 amide bonds. The lowest BCUT2D eigenvalue weighted by Crippen LogP contribution is -2.35. The van der Waals surface area contributed by atoms with Gasteiger partial charge in [-0.1, -0.05) is 5.10 Å². The number of rotatable bonds is 2. The van der Waals surface area contributed by atoms with Crippen molar-refractivity contribution in [3.8, 4) is 0 Å². The Bertz CT molecular complexity index is 754. The smallest absolute Gasteiger partial charge is 0.330 e. The van der Waals surface area contributed by atoms with Gasteiger partial charge in [0.15, 0.2) is 5.69 Å². The zero-order valence-corrected chi connectivity index (χ0v) is 13.1. The number of fused-ring (bicyclic) bond motifs is 1. The molecule has 0 unspecified atom stereocenters. The fourth-order valence-electron chi connectivity index (χ4n) is 2.66. The minimum Gasteiger partial charge on any atom is -0.330 e. The third-order valence-corrected chi connectivity index (χ3v) is 4.74. The van der Waals surface area contributed by atoms with Gasteiger partial charge < -0.3 is 9.47 Å². The molecule has 1 saturated carbocycles. The Morgan fingerprint density at radius 2 is 1.96 bits per heavy atom. The molecule has 2 atom stereocenters. The molecule has 2 aromatic rings. The van der Waals surface area contributed by atoms with Crippen molar-refractivity contribution in [2.45, 2.75) is 37.9 Å². The van der Waals surface area contributed by atoms with Crippen LogP contribution in [0.3, 0.4) is 0 Å². The predicted molar refractivity (Wildman–Crippen MR) is 72.3 cm³/mol. The highest BCUT2D eigenvalue weighted by atomic mass is 79.9. The number of hydrogen-bond donors (Lipinski definition) is 0. The number of hydrogen-bond acceptors (Lipinski definition) is 5. The molecule has 2 aromatic heterocycles. The first kappa shape index (κ1) is 14.8. The molecule has 12 heteroatoms. The van der Waals surface area contributed by atoms with E-state index in [0.29, 0.717) is 25.5 Å². The zero-order valence-electron chi connectivity index (χ0n) is 11.5. The molecule has 2 aliphatic rings. The summed E-state index contributed by atoms with van der Waals surface area (Å²) in [6, 6.07) is -0.390. The van der Waals surface area contributed by atoms with Gasteiger partial charge in [0.2, 0.25) is 5.95 Å². The van der Waals surface area contributed by atoms with Gasteiger partial charge in [0.05, 0.1) is 12.6 Å². The second kappa shape index (κ2) is 4.89.